The number of hydrogen-bond donors (Lipinski definition) is 2. The van der Waals surface area contributed by atoms with Crippen LogP contribution in [0.3, 0.4) is 0 Å². The van der Waals surface area contributed by atoms with Gasteiger partial charge in [0.2, 0.25) is 0 Å². The molecule has 0 radical (unpaired) electrons. The molecular formula is C28H35NO2. The molecule has 0 amide bonds. The minimum Gasteiger partial charge on any atom is -0.507 e. The van der Waals surface area contributed by atoms with Gasteiger partial charge in [0, 0.05) is 23.6 Å². The molecule has 0 bridgehead atoms. The summed E-state index contributed by atoms with van der Waals surface area (Å²) in [6, 6.07) is 25.5. The first kappa shape index (κ1) is 23.1. The molecule has 3 aromatic rings. The number of aromatic hydroxyl groups is 1. The van der Waals surface area contributed by atoms with E-state index in [1.807, 2.05) is 6.07 Å². The van der Waals surface area contributed by atoms with Gasteiger partial charge in [-0.2, -0.15) is 0 Å². The zero-order valence-corrected chi connectivity index (χ0v) is 19.1. The van der Waals surface area contributed by atoms with Gasteiger partial charge in [0.1, 0.15) is 5.75 Å². The molecule has 0 unspecified atom stereocenters. The van der Waals surface area contributed by atoms with E-state index in [0.717, 1.165) is 29.7 Å². The fourth-order valence-electron chi connectivity index (χ4n) is 4.41. The van der Waals surface area contributed by atoms with Crippen molar-refractivity contribution in [1.82, 2.24) is 4.90 Å². The molecule has 3 rings (SSSR count). The Labute approximate surface area is 187 Å². The van der Waals surface area contributed by atoms with Gasteiger partial charge in [0.05, 0.1) is 6.61 Å². The molecule has 0 saturated carbocycles. The van der Waals surface area contributed by atoms with Gasteiger partial charge < -0.3 is 10.2 Å². The lowest BCUT2D eigenvalue weighted by molar-refractivity contribution is 0.170. The summed E-state index contributed by atoms with van der Waals surface area (Å²) in [4.78, 5) is 2.54. The van der Waals surface area contributed by atoms with Crippen LogP contribution in [0.25, 0.3) is 11.1 Å². The lowest BCUT2D eigenvalue weighted by atomic mass is 9.87. The van der Waals surface area contributed by atoms with Crippen molar-refractivity contribution in [2.45, 2.75) is 58.7 Å². The lowest BCUT2D eigenvalue weighted by Crippen LogP contribution is -2.38. The Morgan fingerprint density at radius 1 is 0.774 bits per heavy atom. The molecule has 3 aromatic carbocycles. The maximum atomic E-state index is 10.3. The summed E-state index contributed by atoms with van der Waals surface area (Å²) in [6.07, 6.45) is 1.05. The number of hydrogen-bond acceptors (Lipinski definition) is 3. The van der Waals surface area contributed by atoms with E-state index in [-0.39, 0.29) is 12.4 Å². The third-order valence-electron chi connectivity index (χ3n) is 6.07. The molecule has 3 nitrogen and oxygen atoms in total. The smallest absolute Gasteiger partial charge is 0.123 e. The van der Waals surface area contributed by atoms with Crippen LogP contribution in [-0.4, -0.2) is 33.7 Å². The summed E-state index contributed by atoms with van der Waals surface area (Å²) < 4.78 is 0. The maximum absolute atomic E-state index is 10.3. The second kappa shape index (κ2) is 10.6. The number of rotatable bonds is 9. The van der Waals surface area contributed by atoms with Crippen molar-refractivity contribution in [2.24, 2.45) is 0 Å². The lowest BCUT2D eigenvalue weighted by Gasteiger charge is -2.32. The zero-order chi connectivity index (χ0) is 22.4. The minimum atomic E-state index is -0.0380. The predicted molar refractivity (Wildman–Crippen MR) is 129 cm³/mol. The molecule has 0 aliphatic carbocycles. The zero-order valence-electron chi connectivity index (χ0n) is 19.1. The predicted octanol–water partition coefficient (Wildman–Crippen LogP) is 6.19. The molecule has 0 spiro atoms. The van der Waals surface area contributed by atoms with Crippen LogP contribution in [0.15, 0.2) is 72.8 Å². The molecule has 0 heterocycles. The van der Waals surface area contributed by atoms with Crippen LogP contribution in [-0.2, 0) is 6.61 Å². The second-order valence-corrected chi connectivity index (χ2v) is 8.81. The van der Waals surface area contributed by atoms with Crippen molar-refractivity contribution in [1.29, 1.82) is 0 Å². The molecule has 1 atom stereocenters. The normalized spacial score (nSPS) is 12.6. The summed E-state index contributed by atoms with van der Waals surface area (Å²) in [5.74, 6) is 0.543. The van der Waals surface area contributed by atoms with E-state index in [1.165, 1.54) is 11.1 Å². The van der Waals surface area contributed by atoms with Crippen LogP contribution < -0.4 is 0 Å². The second-order valence-electron chi connectivity index (χ2n) is 8.81. The number of nitrogens with zero attached hydrogens (tertiary/aromatic N) is 1. The van der Waals surface area contributed by atoms with Crippen molar-refractivity contribution in [3.05, 3.63) is 89.5 Å². The van der Waals surface area contributed by atoms with Gasteiger partial charge in [-0.15, -0.1) is 0 Å². The molecule has 0 fully saturated rings. The number of aliphatic hydroxyl groups is 1. The fourth-order valence-corrected chi connectivity index (χ4v) is 4.41. The summed E-state index contributed by atoms with van der Waals surface area (Å²) >= 11 is 0. The monoisotopic (exact) mass is 417 g/mol. The number of aliphatic hydroxyl groups excluding tert-OH is 1. The molecule has 0 saturated heterocycles. The van der Waals surface area contributed by atoms with Crippen LogP contribution in [0, 0.1) is 0 Å². The fraction of sp³-hybridized carbons (Fsp3) is 0.357. The van der Waals surface area contributed by atoms with Crippen molar-refractivity contribution in [3.8, 4) is 16.9 Å². The SMILES string of the molecule is CC(C)N(CC[C@H](c1ccccc1)c1ccc(-c2cc(CO)ccc2O)cc1)C(C)C. The van der Waals surface area contributed by atoms with Crippen molar-refractivity contribution in [3.63, 3.8) is 0 Å². The van der Waals surface area contributed by atoms with E-state index in [4.69, 9.17) is 0 Å². The first-order valence-corrected chi connectivity index (χ1v) is 11.2. The Hall–Kier alpha value is -2.62. The third-order valence-corrected chi connectivity index (χ3v) is 6.07. The summed E-state index contributed by atoms with van der Waals surface area (Å²) in [5, 5.41) is 19.7. The van der Waals surface area contributed by atoms with Crippen LogP contribution in [0.2, 0.25) is 0 Å². The Morgan fingerprint density at radius 3 is 1.97 bits per heavy atom. The summed E-state index contributed by atoms with van der Waals surface area (Å²) in [6.45, 7) is 10.1. The van der Waals surface area contributed by atoms with Crippen molar-refractivity contribution in [2.75, 3.05) is 6.54 Å². The molecular weight excluding hydrogens is 382 g/mol. The van der Waals surface area contributed by atoms with E-state index in [2.05, 4.69) is 87.2 Å². The van der Waals surface area contributed by atoms with E-state index in [1.54, 1.807) is 12.1 Å². The van der Waals surface area contributed by atoms with E-state index in [9.17, 15) is 10.2 Å². The van der Waals surface area contributed by atoms with Crippen molar-refractivity contribution < 1.29 is 10.2 Å². The van der Waals surface area contributed by atoms with Gasteiger partial charge in [0.25, 0.3) is 0 Å². The first-order valence-electron chi connectivity index (χ1n) is 11.2. The van der Waals surface area contributed by atoms with Gasteiger partial charge >= 0.3 is 0 Å². The molecule has 2 N–H and O–H groups in total. The molecule has 0 aliphatic rings. The molecule has 0 aliphatic heterocycles. The van der Waals surface area contributed by atoms with Gasteiger partial charge in [0.15, 0.2) is 0 Å². The average Bonchev–Trinajstić information content (AvgIpc) is 2.77. The minimum absolute atomic E-state index is 0.0380. The summed E-state index contributed by atoms with van der Waals surface area (Å²) in [7, 11) is 0. The molecule has 3 heteroatoms. The van der Waals surface area contributed by atoms with Crippen LogP contribution >= 0.6 is 0 Å². The van der Waals surface area contributed by atoms with E-state index in [0.29, 0.717) is 18.0 Å². The third kappa shape index (κ3) is 5.75. The van der Waals surface area contributed by atoms with Crippen LogP contribution in [0.4, 0.5) is 0 Å². The number of phenolic OH excluding ortho intramolecular Hbond substituents is 1. The molecule has 31 heavy (non-hydrogen) atoms. The van der Waals surface area contributed by atoms with Crippen molar-refractivity contribution >= 4 is 0 Å². The van der Waals surface area contributed by atoms with E-state index >= 15 is 0 Å². The van der Waals surface area contributed by atoms with E-state index < -0.39 is 0 Å². The van der Waals surface area contributed by atoms with Crippen LogP contribution in [0.5, 0.6) is 5.75 Å². The number of phenols is 1. The molecule has 0 aromatic heterocycles. The van der Waals surface area contributed by atoms with Gasteiger partial charge in [-0.05, 0) is 75.0 Å². The quantitative estimate of drug-likeness (QED) is 0.436. The summed E-state index contributed by atoms with van der Waals surface area (Å²) in [5.41, 5.74) is 5.10. The largest absolute Gasteiger partial charge is 0.507 e. The Bertz CT molecular complexity index is 941. The topological polar surface area (TPSA) is 43.7 Å². The molecule has 164 valence electrons. The van der Waals surface area contributed by atoms with Gasteiger partial charge in [-0.1, -0.05) is 60.7 Å². The van der Waals surface area contributed by atoms with Gasteiger partial charge in [-0.3, -0.25) is 4.90 Å². The Balaban J connectivity index is 1.89. The maximum Gasteiger partial charge on any atom is 0.123 e. The number of benzene rings is 3. The standard InChI is InChI=1S/C28H35NO2/c1-20(2)29(21(3)4)17-16-26(23-8-6-5-7-9-23)24-11-13-25(14-12-24)27-18-22(19-30)10-15-28(27)31/h5-15,18,20-21,26,30-31H,16-17,19H2,1-4H3/t26-/m1/s1. The average molecular weight is 418 g/mol. The highest BCUT2D eigenvalue weighted by Crippen LogP contribution is 2.34. The Morgan fingerprint density at radius 2 is 1.39 bits per heavy atom. The Kier molecular flexibility index (Phi) is 7.89. The highest BCUT2D eigenvalue weighted by molar-refractivity contribution is 5.71. The first-order chi connectivity index (χ1) is 14.9. The highest BCUT2D eigenvalue weighted by Gasteiger charge is 2.19. The van der Waals surface area contributed by atoms with Crippen LogP contribution in [0.1, 0.15) is 56.7 Å². The highest BCUT2D eigenvalue weighted by atomic mass is 16.3. The van der Waals surface area contributed by atoms with Gasteiger partial charge in [-0.25, -0.2) is 0 Å².